The first kappa shape index (κ1) is 14.3. The molecule has 0 aromatic heterocycles. The fourth-order valence-corrected chi connectivity index (χ4v) is 2.30. The van der Waals surface area contributed by atoms with Gasteiger partial charge >= 0.3 is 5.97 Å². The van der Waals surface area contributed by atoms with Crippen molar-refractivity contribution in [3.63, 3.8) is 0 Å². The van der Waals surface area contributed by atoms with Gasteiger partial charge in [0, 0.05) is 25.7 Å². The zero-order valence-electron chi connectivity index (χ0n) is 10.0. The maximum absolute atomic E-state index is 12.1. The van der Waals surface area contributed by atoms with Crippen LogP contribution in [0.25, 0.3) is 0 Å². The Morgan fingerprint density at radius 1 is 1.53 bits per heavy atom. The van der Waals surface area contributed by atoms with Crippen molar-refractivity contribution in [2.24, 2.45) is 5.92 Å². The number of alkyl halides is 2. The van der Waals surface area contributed by atoms with Crippen LogP contribution in [0.2, 0.25) is 0 Å². The molecular weight excluding hydrogens is 230 g/mol. The predicted octanol–water partition coefficient (Wildman–Crippen LogP) is 1.03. The molecule has 17 heavy (non-hydrogen) atoms. The van der Waals surface area contributed by atoms with Crippen molar-refractivity contribution in [2.45, 2.75) is 32.2 Å². The topological polar surface area (TPSA) is 52.6 Å². The van der Waals surface area contributed by atoms with Gasteiger partial charge in [-0.05, 0) is 12.3 Å². The summed E-state index contributed by atoms with van der Waals surface area (Å²) in [4.78, 5) is 12.5. The maximum atomic E-state index is 12.1. The molecule has 0 amide bonds. The van der Waals surface area contributed by atoms with Crippen LogP contribution in [-0.2, 0) is 4.79 Å². The molecule has 2 atom stereocenters. The van der Waals surface area contributed by atoms with Gasteiger partial charge in [-0.2, -0.15) is 0 Å². The molecule has 1 aliphatic rings. The van der Waals surface area contributed by atoms with Crippen molar-refractivity contribution in [2.75, 3.05) is 26.2 Å². The number of nitrogens with zero attached hydrogens (tertiary/aromatic N) is 1. The predicted molar refractivity (Wildman–Crippen MR) is 60.3 cm³/mol. The smallest absolute Gasteiger partial charge is 0.304 e. The molecule has 0 radical (unpaired) electrons. The summed E-state index contributed by atoms with van der Waals surface area (Å²) in [6.07, 6.45) is -1.36. The number of piperidine rings is 1. The van der Waals surface area contributed by atoms with E-state index in [2.05, 4.69) is 12.2 Å². The molecule has 1 aliphatic heterocycles. The second kappa shape index (κ2) is 6.86. The van der Waals surface area contributed by atoms with Crippen LogP contribution in [-0.4, -0.2) is 54.6 Å². The summed E-state index contributed by atoms with van der Waals surface area (Å²) in [7, 11) is 0. The van der Waals surface area contributed by atoms with E-state index in [1.807, 2.05) is 4.90 Å². The molecule has 0 spiro atoms. The first-order valence-electron chi connectivity index (χ1n) is 5.93. The molecule has 1 heterocycles. The van der Waals surface area contributed by atoms with Gasteiger partial charge in [-0.25, -0.2) is 8.78 Å². The summed E-state index contributed by atoms with van der Waals surface area (Å²) >= 11 is 0. The number of halogens is 2. The quantitative estimate of drug-likeness (QED) is 0.739. The standard InChI is InChI=1S/C11H20F2N2O2/c1-8-4-9(14-5-10(12)13)7-15(6-8)3-2-11(16)17/h8-10,14H,2-7H2,1H3,(H,16,17). The van der Waals surface area contributed by atoms with E-state index in [1.165, 1.54) is 0 Å². The minimum Gasteiger partial charge on any atom is -0.481 e. The second-order valence-electron chi connectivity index (χ2n) is 4.74. The molecule has 0 bridgehead atoms. The first-order valence-corrected chi connectivity index (χ1v) is 5.93. The number of aliphatic carboxylic acids is 1. The Balaban J connectivity index is 2.33. The Labute approximate surface area is 100.0 Å². The average Bonchev–Trinajstić information content (AvgIpc) is 2.23. The summed E-state index contributed by atoms with van der Waals surface area (Å²) in [6, 6.07) is 0.0431. The van der Waals surface area contributed by atoms with Gasteiger partial charge in [0.15, 0.2) is 0 Å². The normalized spacial score (nSPS) is 26.4. The fraction of sp³-hybridized carbons (Fsp3) is 0.909. The molecule has 0 aromatic carbocycles. The van der Waals surface area contributed by atoms with Crippen LogP contribution in [0.4, 0.5) is 8.78 Å². The lowest BCUT2D eigenvalue weighted by Crippen LogP contribution is -2.50. The summed E-state index contributed by atoms with van der Waals surface area (Å²) in [5, 5.41) is 11.4. The summed E-state index contributed by atoms with van der Waals surface area (Å²) in [5.74, 6) is -0.409. The van der Waals surface area contributed by atoms with Crippen molar-refractivity contribution in [3.05, 3.63) is 0 Å². The van der Waals surface area contributed by atoms with Gasteiger partial charge in [0.2, 0.25) is 0 Å². The van der Waals surface area contributed by atoms with Crippen LogP contribution in [0.1, 0.15) is 19.8 Å². The maximum Gasteiger partial charge on any atom is 0.304 e. The molecule has 1 saturated heterocycles. The molecule has 2 unspecified atom stereocenters. The van der Waals surface area contributed by atoms with Gasteiger partial charge in [0.1, 0.15) is 0 Å². The number of hydrogen-bond acceptors (Lipinski definition) is 3. The van der Waals surface area contributed by atoms with E-state index >= 15 is 0 Å². The minimum atomic E-state index is -2.33. The number of nitrogens with one attached hydrogen (secondary N) is 1. The van der Waals surface area contributed by atoms with Crippen molar-refractivity contribution >= 4 is 5.97 Å². The van der Waals surface area contributed by atoms with Crippen LogP contribution in [0, 0.1) is 5.92 Å². The molecule has 1 fully saturated rings. The molecule has 0 aromatic rings. The second-order valence-corrected chi connectivity index (χ2v) is 4.74. The van der Waals surface area contributed by atoms with E-state index in [4.69, 9.17) is 5.11 Å². The lowest BCUT2D eigenvalue weighted by Gasteiger charge is -2.36. The number of hydrogen-bond donors (Lipinski definition) is 2. The fourth-order valence-electron chi connectivity index (χ4n) is 2.30. The third kappa shape index (κ3) is 5.93. The summed E-state index contributed by atoms with van der Waals surface area (Å²) in [6.45, 7) is 3.77. The van der Waals surface area contributed by atoms with Crippen LogP contribution in [0.5, 0.6) is 0 Å². The van der Waals surface area contributed by atoms with E-state index in [0.29, 0.717) is 19.0 Å². The van der Waals surface area contributed by atoms with E-state index in [1.54, 1.807) is 0 Å². The molecule has 6 heteroatoms. The highest BCUT2D eigenvalue weighted by Gasteiger charge is 2.25. The van der Waals surface area contributed by atoms with Gasteiger partial charge in [-0.15, -0.1) is 0 Å². The van der Waals surface area contributed by atoms with E-state index in [-0.39, 0.29) is 19.0 Å². The number of carboxylic acid groups (broad SMARTS) is 1. The van der Waals surface area contributed by atoms with Gasteiger partial charge in [-0.1, -0.05) is 6.92 Å². The van der Waals surface area contributed by atoms with Gasteiger partial charge in [0.25, 0.3) is 6.43 Å². The largest absolute Gasteiger partial charge is 0.481 e. The van der Waals surface area contributed by atoms with Crippen LogP contribution in [0.3, 0.4) is 0 Å². The van der Waals surface area contributed by atoms with Crippen LogP contribution >= 0.6 is 0 Å². The minimum absolute atomic E-state index is 0.0431. The SMILES string of the molecule is CC1CC(NCC(F)F)CN(CCC(=O)O)C1. The van der Waals surface area contributed by atoms with Gasteiger partial charge in [-0.3, -0.25) is 4.79 Å². The molecule has 100 valence electrons. The molecule has 4 nitrogen and oxygen atoms in total. The molecule has 0 saturated carbocycles. The average molecular weight is 250 g/mol. The van der Waals surface area contributed by atoms with Crippen molar-refractivity contribution in [1.82, 2.24) is 10.2 Å². The van der Waals surface area contributed by atoms with Crippen molar-refractivity contribution in [3.8, 4) is 0 Å². The lowest BCUT2D eigenvalue weighted by atomic mass is 9.96. The van der Waals surface area contributed by atoms with Crippen LogP contribution < -0.4 is 5.32 Å². The molecule has 1 rings (SSSR count). The molecule has 0 aliphatic carbocycles. The Hall–Kier alpha value is -0.750. The summed E-state index contributed by atoms with van der Waals surface area (Å²) in [5.41, 5.74) is 0. The third-order valence-corrected chi connectivity index (χ3v) is 2.94. The van der Waals surface area contributed by atoms with Crippen molar-refractivity contribution < 1.29 is 18.7 Å². The lowest BCUT2D eigenvalue weighted by molar-refractivity contribution is -0.137. The van der Waals surface area contributed by atoms with E-state index in [0.717, 1.165) is 13.0 Å². The Morgan fingerprint density at radius 3 is 2.82 bits per heavy atom. The van der Waals surface area contributed by atoms with E-state index in [9.17, 15) is 13.6 Å². The number of carboxylic acids is 1. The highest BCUT2D eigenvalue weighted by atomic mass is 19.3. The first-order chi connectivity index (χ1) is 7.97. The Kier molecular flexibility index (Phi) is 5.77. The van der Waals surface area contributed by atoms with Crippen molar-refractivity contribution in [1.29, 1.82) is 0 Å². The van der Waals surface area contributed by atoms with E-state index < -0.39 is 12.4 Å². The van der Waals surface area contributed by atoms with Gasteiger partial charge < -0.3 is 15.3 Å². The highest BCUT2D eigenvalue weighted by Crippen LogP contribution is 2.16. The van der Waals surface area contributed by atoms with Gasteiger partial charge in [0.05, 0.1) is 13.0 Å². The number of carbonyl (C=O) groups is 1. The summed E-state index contributed by atoms with van der Waals surface area (Å²) < 4.78 is 24.2. The highest BCUT2D eigenvalue weighted by molar-refractivity contribution is 5.66. The zero-order valence-corrected chi connectivity index (χ0v) is 10.0. The number of likely N-dealkylation sites (tertiary alicyclic amines) is 1. The monoisotopic (exact) mass is 250 g/mol. The number of rotatable bonds is 6. The third-order valence-electron chi connectivity index (χ3n) is 2.94. The Morgan fingerprint density at radius 2 is 2.24 bits per heavy atom. The molecule has 2 N–H and O–H groups in total. The Bertz CT molecular complexity index is 252. The molecular formula is C11H20F2N2O2. The zero-order chi connectivity index (χ0) is 12.8. The van der Waals surface area contributed by atoms with Crippen LogP contribution in [0.15, 0.2) is 0 Å².